The van der Waals surface area contributed by atoms with Gasteiger partial charge in [0.1, 0.15) is 12.7 Å². The summed E-state index contributed by atoms with van der Waals surface area (Å²) in [6.45, 7) is 9.26. The van der Waals surface area contributed by atoms with Gasteiger partial charge in [0.2, 0.25) is 5.88 Å². The average Bonchev–Trinajstić information content (AvgIpc) is 2.43. The molecule has 20 heavy (non-hydrogen) atoms. The van der Waals surface area contributed by atoms with Gasteiger partial charge >= 0.3 is 0 Å². The smallest absolute Gasteiger partial charge is 0.233 e. The first-order valence-electron chi connectivity index (χ1n) is 7.38. The number of piperidine rings is 1. The van der Waals surface area contributed by atoms with Gasteiger partial charge in [0.15, 0.2) is 0 Å². The summed E-state index contributed by atoms with van der Waals surface area (Å²) in [6, 6.07) is 1.86. The van der Waals surface area contributed by atoms with Crippen LogP contribution in [-0.4, -0.2) is 52.5 Å². The molecule has 0 amide bonds. The number of ether oxygens (including phenoxy) is 1. The number of likely N-dealkylation sites (tertiary alicyclic amines) is 1. The molecule has 0 aliphatic carbocycles. The van der Waals surface area contributed by atoms with E-state index in [4.69, 9.17) is 4.74 Å². The predicted octanol–water partition coefficient (Wildman–Crippen LogP) is 1.57. The van der Waals surface area contributed by atoms with Crippen LogP contribution < -0.4 is 4.74 Å². The number of hydrogen-bond acceptors (Lipinski definition) is 5. The molecule has 2 rings (SSSR count). The van der Waals surface area contributed by atoms with Gasteiger partial charge in [-0.2, -0.15) is 5.10 Å². The van der Waals surface area contributed by atoms with Crippen LogP contribution in [0.25, 0.3) is 0 Å². The van der Waals surface area contributed by atoms with Gasteiger partial charge in [-0.25, -0.2) is 0 Å². The molecule has 1 saturated heterocycles. The summed E-state index contributed by atoms with van der Waals surface area (Å²) in [6.07, 6.45) is 1.96. The lowest BCUT2D eigenvalue weighted by Gasteiger charge is -2.31. The third-order valence-corrected chi connectivity index (χ3v) is 3.98. The Labute approximate surface area is 121 Å². The highest BCUT2D eigenvalue weighted by Crippen LogP contribution is 2.16. The van der Waals surface area contributed by atoms with E-state index in [0.717, 1.165) is 30.3 Å². The molecular formula is C15H25N3O2. The second-order valence-electron chi connectivity index (χ2n) is 5.90. The summed E-state index contributed by atoms with van der Waals surface area (Å²) in [5.74, 6) is 1.30. The molecule has 1 N–H and O–H groups in total. The molecule has 1 atom stereocenters. The first-order valence-corrected chi connectivity index (χ1v) is 7.38. The van der Waals surface area contributed by atoms with E-state index in [0.29, 0.717) is 12.4 Å². The third kappa shape index (κ3) is 4.42. The first kappa shape index (κ1) is 15.2. The van der Waals surface area contributed by atoms with Crippen LogP contribution in [0.2, 0.25) is 0 Å². The molecule has 0 unspecified atom stereocenters. The molecule has 1 fully saturated rings. The zero-order valence-electron chi connectivity index (χ0n) is 12.7. The van der Waals surface area contributed by atoms with Gasteiger partial charge in [-0.05, 0) is 51.3 Å². The van der Waals surface area contributed by atoms with Gasteiger partial charge in [-0.3, -0.25) is 0 Å². The number of rotatable bonds is 5. The lowest BCUT2D eigenvalue weighted by atomic mass is 9.99. The fourth-order valence-corrected chi connectivity index (χ4v) is 2.37. The number of aryl methyl sites for hydroxylation is 2. The number of aliphatic hydroxyl groups excluding tert-OH is 1. The number of aliphatic hydroxyl groups is 1. The van der Waals surface area contributed by atoms with E-state index in [1.807, 2.05) is 19.9 Å². The van der Waals surface area contributed by atoms with Crippen LogP contribution >= 0.6 is 0 Å². The molecule has 0 radical (unpaired) electrons. The minimum atomic E-state index is -0.480. The van der Waals surface area contributed by atoms with E-state index in [1.54, 1.807) is 0 Å². The Morgan fingerprint density at radius 1 is 1.35 bits per heavy atom. The minimum Gasteiger partial charge on any atom is -0.474 e. The van der Waals surface area contributed by atoms with Crippen LogP contribution in [0.3, 0.4) is 0 Å². The molecule has 0 saturated carbocycles. The number of aromatic nitrogens is 2. The molecular weight excluding hydrogens is 254 g/mol. The minimum absolute atomic E-state index is 0.267. The summed E-state index contributed by atoms with van der Waals surface area (Å²) < 4.78 is 5.52. The topological polar surface area (TPSA) is 58.5 Å². The Hall–Kier alpha value is -1.20. The van der Waals surface area contributed by atoms with Crippen LogP contribution in [0.15, 0.2) is 6.07 Å². The van der Waals surface area contributed by atoms with E-state index in [2.05, 4.69) is 22.0 Å². The zero-order valence-corrected chi connectivity index (χ0v) is 12.7. The second kappa shape index (κ2) is 6.99. The molecule has 1 aliphatic heterocycles. The van der Waals surface area contributed by atoms with Crippen LogP contribution in [0.4, 0.5) is 0 Å². The molecule has 0 aromatic carbocycles. The maximum atomic E-state index is 10.0. The number of β-amino-alcohol motifs (C(OH)–C–C–N with tert-alkyl or cyclic N) is 1. The van der Waals surface area contributed by atoms with Crippen molar-refractivity contribution in [2.75, 3.05) is 26.2 Å². The standard InChI is InChI=1S/C15H25N3O2/c1-11-4-6-18(7-5-11)9-14(19)10-20-15-8-12(2)13(3)16-17-15/h8,11,14,19H,4-7,9-10H2,1-3H3/t14-/m1/s1. The van der Waals surface area contributed by atoms with Crippen LogP contribution in [-0.2, 0) is 0 Å². The van der Waals surface area contributed by atoms with Gasteiger partial charge in [-0.1, -0.05) is 6.92 Å². The summed E-state index contributed by atoms with van der Waals surface area (Å²) in [4.78, 5) is 2.31. The van der Waals surface area contributed by atoms with Crippen molar-refractivity contribution in [3.05, 3.63) is 17.3 Å². The maximum Gasteiger partial charge on any atom is 0.233 e. The first-order chi connectivity index (χ1) is 9.54. The van der Waals surface area contributed by atoms with Gasteiger partial charge < -0.3 is 14.7 Å². The van der Waals surface area contributed by atoms with E-state index < -0.39 is 6.10 Å². The second-order valence-corrected chi connectivity index (χ2v) is 5.90. The molecule has 1 aromatic heterocycles. The predicted molar refractivity (Wildman–Crippen MR) is 77.8 cm³/mol. The van der Waals surface area contributed by atoms with Gasteiger partial charge in [0, 0.05) is 12.6 Å². The summed E-state index contributed by atoms with van der Waals surface area (Å²) in [5.41, 5.74) is 1.95. The average molecular weight is 279 g/mol. The van der Waals surface area contributed by atoms with E-state index in [1.165, 1.54) is 12.8 Å². The van der Waals surface area contributed by atoms with Crippen LogP contribution in [0.5, 0.6) is 5.88 Å². The van der Waals surface area contributed by atoms with Crippen molar-refractivity contribution in [2.45, 2.75) is 39.7 Å². The summed E-state index contributed by atoms with van der Waals surface area (Å²) >= 11 is 0. The normalized spacial score (nSPS) is 19.0. The van der Waals surface area contributed by atoms with Crippen molar-refractivity contribution < 1.29 is 9.84 Å². The summed E-state index contributed by atoms with van der Waals surface area (Å²) in [7, 11) is 0. The van der Waals surface area contributed by atoms with E-state index in [-0.39, 0.29) is 6.61 Å². The van der Waals surface area contributed by atoms with E-state index >= 15 is 0 Å². The van der Waals surface area contributed by atoms with Crippen molar-refractivity contribution in [1.29, 1.82) is 0 Å². The molecule has 5 nitrogen and oxygen atoms in total. The molecule has 5 heteroatoms. The quantitative estimate of drug-likeness (QED) is 0.886. The Morgan fingerprint density at radius 2 is 2.05 bits per heavy atom. The Balaban J connectivity index is 1.74. The van der Waals surface area contributed by atoms with Crippen molar-refractivity contribution in [2.24, 2.45) is 5.92 Å². The Kier molecular flexibility index (Phi) is 5.31. The maximum absolute atomic E-state index is 10.0. The third-order valence-electron chi connectivity index (χ3n) is 3.98. The molecule has 2 heterocycles. The fourth-order valence-electron chi connectivity index (χ4n) is 2.37. The summed E-state index contributed by atoms with van der Waals surface area (Å²) in [5, 5.41) is 18.0. The molecule has 1 aliphatic rings. The molecule has 0 bridgehead atoms. The molecule has 112 valence electrons. The highest BCUT2D eigenvalue weighted by atomic mass is 16.5. The zero-order chi connectivity index (χ0) is 14.5. The largest absolute Gasteiger partial charge is 0.474 e. The van der Waals surface area contributed by atoms with Crippen molar-refractivity contribution >= 4 is 0 Å². The number of hydrogen-bond donors (Lipinski definition) is 1. The Bertz CT molecular complexity index is 431. The molecule has 1 aromatic rings. The van der Waals surface area contributed by atoms with Crippen molar-refractivity contribution in [1.82, 2.24) is 15.1 Å². The monoisotopic (exact) mass is 279 g/mol. The highest BCUT2D eigenvalue weighted by molar-refractivity contribution is 5.21. The van der Waals surface area contributed by atoms with Gasteiger partial charge in [-0.15, -0.1) is 5.10 Å². The lowest BCUT2D eigenvalue weighted by molar-refractivity contribution is 0.0546. The Morgan fingerprint density at radius 3 is 2.70 bits per heavy atom. The highest BCUT2D eigenvalue weighted by Gasteiger charge is 2.18. The van der Waals surface area contributed by atoms with Crippen LogP contribution in [0.1, 0.15) is 31.0 Å². The number of nitrogens with zero attached hydrogens (tertiary/aromatic N) is 3. The SMILES string of the molecule is Cc1cc(OC[C@H](O)CN2CCC(C)CC2)nnc1C. The van der Waals surface area contributed by atoms with Crippen LogP contribution in [0, 0.1) is 19.8 Å². The van der Waals surface area contributed by atoms with Crippen molar-refractivity contribution in [3.63, 3.8) is 0 Å². The van der Waals surface area contributed by atoms with Crippen molar-refractivity contribution in [3.8, 4) is 5.88 Å². The van der Waals surface area contributed by atoms with E-state index in [9.17, 15) is 5.11 Å². The van der Waals surface area contributed by atoms with Gasteiger partial charge in [0.25, 0.3) is 0 Å². The fraction of sp³-hybridized carbons (Fsp3) is 0.733. The molecule has 0 spiro atoms. The lowest BCUT2D eigenvalue weighted by Crippen LogP contribution is -2.40. The van der Waals surface area contributed by atoms with Gasteiger partial charge in [0.05, 0.1) is 5.69 Å².